The molecule has 1 aliphatic rings. The number of fused-ring (bicyclic) bond motifs is 1. The van der Waals surface area contributed by atoms with Gasteiger partial charge in [0, 0.05) is 30.9 Å². The van der Waals surface area contributed by atoms with Gasteiger partial charge >= 0.3 is 0 Å². The lowest BCUT2D eigenvalue weighted by molar-refractivity contribution is 0.0595. The number of likely N-dealkylation sites (tertiary alicyclic amines) is 1. The summed E-state index contributed by atoms with van der Waals surface area (Å²) in [5.41, 5.74) is 2.52. The quantitative estimate of drug-likeness (QED) is 0.697. The molecule has 0 aromatic carbocycles. The number of aromatic amines is 2. The van der Waals surface area contributed by atoms with Gasteiger partial charge in [-0.05, 0) is 0 Å². The minimum atomic E-state index is -0.0996. The third-order valence-corrected chi connectivity index (χ3v) is 3.55. The fourth-order valence-electron chi connectivity index (χ4n) is 2.41. The van der Waals surface area contributed by atoms with Crippen molar-refractivity contribution < 1.29 is 4.79 Å². The lowest BCUT2D eigenvalue weighted by Crippen LogP contribution is -2.48. The van der Waals surface area contributed by atoms with Crippen molar-refractivity contribution in [3.8, 4) is 0 Å². The molecule has 0 spiro atoms. The van der Waals surface area contributed by atoms with Gasteiger partial charge in [0.15, 0.2) is 11.3 Å². The molecular formula is C12H11N7O. The molecule has 100 valence electrons. The van der Waals surface area contributed by atoms with Gasteiger partial charge in [-0.3, -0.25) is 4.79 Å². The summed E-state index contributed by atoms with van der Waals surface area (Å²) < 4.78 is 0. The summed E-state index contributed by atoms with van der Waals surface area (Å²) in [4.78, 5) is 36.3. The van der Waals surface area contributed by atoms with Gasteiger partial charge in [0.1, 0.15) is 11.8 Å². The number of amides is 1. The monoisotopic (exact) mass is 269 g/mol. The third-order valence-electron chi connectivity index (χ3n) is 3.55. The van der Waals surface area contributed by atoms with Gasteiger partial charge in [0.05, 0.1) is 12.7 Å². The summed E-state index contributed by atoms with van der Waals surface area (Å²) in [7, 11) is 0. The second-order valence-electron chi connectivity index (χ2n) is 4.74. The van der Waals surface area contributed by atoms with Crippen molar-refractivity contribution in [1.29, 1.82) is 0 Å². The fraction of sp³-hybridized carbons (Fsp3) is 0.250. The van der Waals surface area contributed by atoms with E-state index in [1.165, 1.54) is 12.7 Å². The number of imidazole rings is 2. The molecule has 4 rings (SSSR count). The van der Waals surface area contributed by atoms with Gasteiger partial charge in [0.25, 0.3) is 5.91 Å². The highest BCUT2D eigenvalue weighted by Gasteiger charge is 2.34. The van der Waals surface area contributed by atoms with E-state index in [-0.39, 0.29) is 5.91 Å². The van der Waals surface area contributed by atoms with Gasteiger partial charge in [0.2, 0.25) is 0 Å². The maximum Gasteiger partial charge on any atom is 0.274 e. The summed E-state index contributed by atoms with van der Waals surface area (Å²) in [6, 6.07) is 0. The molecule has 3 aromatic heterocycles. The molecule has 0 atom stereocenters. The first-order chi connectivity index (χ1) is 9.83. The minimum absolute atomic E-state index is 0.0996. The van der Waals surface area contributed by atoms with Gasteiger partial charge in [-0.2, -0.15) is 0 Å². The normalized spacial score (nSPS) is 15.5. The molecule has 0 bridgehead atoms. The van der Waals surface area contributed by atoms with Crippen molar-refractivity contribution in [3.63, 3.8) is 0 Å². The Bertz CT molecular complexity index is 757. The second-order valence-corrected chi connectivity index (χ2v) is 4.74. The Kier molecular flexibility index (Phi) is 2.28. The summed E-state index contributed by atoms with van der Waals surface area (Å²) in [5.74, 6) is 0.220. The largest absolute Gasteiger partial charge is 0.348 e. The SMILES string of the molecule is O=C(c1ncnc2nc[nH]c12)N1CC(c2cnc[nH]2)C1. The zero-order valence-corrected chi connectivity index (χ0v) is 10.4. The molecule has 8 nitrogen and oxygen atoms in total. The molecule has 20 heavy (non-hydrogen) atoms. The lowest BCUT2D eigenvalue weighted by Gasteiger charge is -2.38. The van der Waals surface area contributed by atoms with Crippen LogP contribution in [0.15, 0.2) is 25.2 Å². The van der Waals surface area contributed by atoms with E-state index >= 15 is 0 Å². The minimum Gasteiger partial charge on any atom is -0.348 e. The Morgan fingerprint density at radius 2 is 2.10 bits per heavy atom. The molecule has 0 aliphatic carbocycles. The van der Waals surface area contributed by atoms with Crippen molar-refractivity contribution in [2.24, 2.45) is 0 Å². The molecule has 4 heterocycles. The number of H-pyrrole nitrogens is 2. The van der Waals surface area contributed by atoms with Gasteiger partial charge in [-0.1, -0.05) is 0 Å². The first-order valence-electron chi connectivity index (χ1n) is 6.24. The molecule has 8 heteroatoms. The Hall–Kier alpha value is -2.77. The van der Waals surface area contributed by atoms with Crippen molar-refractivity contribution in [2.45, 2.75) is 5.92 Å². The number of nitrogens with zero attached hydrogens (tertiary/aromatic N) is 5. The first-order valence-corrected chi connectivity index (χ1v) is 6.24. The zero-order valence-electron chi connectivity index (χ0n) is 10.4. The van der Waals surface area contributed by atoms with E-state index in [1.807, 2.05) is 0 Å². The van der Waals surface area contributed by atoms with Crippen LogP contribution in [0.5, 0.6) is 0 Å². The smallest absolute Gasteiger partial charge is 0.274 e. The maximum atomic E-state index is 12.4. The highest BCUT2D eigenvalue weighted by Crippen LogP contribution is 2.27. The van der Waals surface area contributed by atoms with Gasteiger partial charge in [-0.15, -0.1) is 0 Å². The highest BCUT2D eigenvalue weighted by molar-refractivity contribution is 6.02. The van der Waals surface area contributed by atoms with Crippen LogP contribution in [0, 0.1) is 0 Å². The fourth-order valence-corrected chi connectivity index (χ4v) is 2.41. The van der Waals surface area contributed by atoms with E-state index in [1.54, 1.807) is 17.4 Å². The molecular weight excluding hydrogens is 258 g/mol. The van der Waals surface area contributed by atoms with Crippen molar-refractivity contribution in [2.75, 3.05) is 13.1 Å². The predicted octanol–water partition coefficient (Wildman–Crippen LogP) is 0.316. The average Bonchev–Trinajstić information content (AvgIpc) is 3.07. The summed E-state index contributed by atoms with van der Waals surface area (Å²) in [6.07, 6.45) is 6.32. The van der Waals surface area contributed by atoms with Gasteiger partial charge < -0.3 is 14.9 Å². The van der Waals surface area contributed by atoms with Crippen LogP contribution in [-0.4, -0.2) is 53.8 Å². The van der Waals surface area contributed by atoms with Crippen LogP contribution in [0.3, 0.4) is 0 Å². The highest BCUT2D eigenvalue weighted by atomic mass is 16.2. The van der Waals surface area contributed by atoms with Crippen LogP contribution in [0.25, 0.3) is 11.2 Å². The van der Waals surface area contributed by atoms with E-state index in [2.05, 4.69) is 29.9 Å². The number of carbonyl (C=O) groups is 1. The summed E-state index contributed by atoms with van der Waals surface area (Å²) >= 11 is 0. The third kappa shape index (κ3) is 1.58. The molecule has 1 saturated heterocycles. The summed E-state index contributed by atoms with van der Waals surface area (Å²) in [5, 5.41) is 0. The average molecular weight is 269 g/mol. The maximum absolute atomic E-state index is 12.4. The van der Waals surface area contributed by atoms with Crippen molar-refractivity contribution >= 4 is 17.1 Å². The molecule has 0 radical (unpaired) electrons. The van der Waals surface area contributed by atoms with E-state index in [4.69, 9.17) is 0 Å². The molecule has 2 N–H and O–H groups in total. The van der Waals surface area contributed by atoms with Crippen LogP contribution >= 0.6 is 0 Å². The number of nitrogens with one attached hydrogen (secondary N) is 2. The van der Waals surface area contributed by atoms with E-state index in [0.29, 0.717) is 35.9 Å². The molecule has 1 amide bonds. The second kappa shape index (κ2) is 4.12. The van der Waals surface area contributed by atoms with Crippen molar-refractivity contribution in [1.82, 2.24) is 34.8 Å². The number of hydrogen-bond acceptors (Lipinski definition) is 5. The number of aromatic nitrogens is 6. The Morgan fingerprint density at radius 3 is 2.90 bits per heavy atom. The van der Waals surface area contributed by atoms with E-state index in [0.717, 1.165) is 5.69 Å². The van der Waals surface area contributed by atoms with Crippen LogP contribution in [0.4, 0.5) is 0 Å². The predicted molar refractivity (Wildman–Crippen MR) is 68.9 cm³/mol. The molecule has 0 saturated carbocycles. The standard InChI is InChI=1S/C12H11N7O/c20-12(10-9-11(17-5-15-9)18-6-16-10)19-2-7(3-19)8-1-13-4-14-8/h1,4-7H,2-3H2,(H,13,14)(H,15,16,17,18). The van der Waals surface area contributed by atoms with Crippen LogP contribution in [0.2, 0.25) is 0 Å². The van der Waals surface area contributed by atoms with Crippen LogP contribution in [0.1, 0.15) is 22.1 Å². The molecule has 3 aromatic rings. The first kappa shape index (κ1) is 11.1. The molecule has 0 unspecified atom stereocenters. The molecule has 1 aliphatic heterocycles. The van der Waals surface area contributed by atoms with Crippen molar-refractivity contribution in [3.05, 3.63) is 36.6 Å². The van der Waals surface area contributed by atoms with Crippen LogP contribution in [-0.2, 0) is 0 Å². The van der Waals surface area contributed by atoms with E-state index in [9.17, 15) is 4.79 Å². The number of rotatable bonds is 2. The van der Waals surface area contributed by atoms with E-state index < -0.39 is 0 Å². The molecule has 1 fully saturated rings. The Balaban J connectivity index is 1.56. The summed E-state index contributed by atoms with van der Waals surface area (Å²) in [6.45, 7) is 1.33. The van der Waals surface area contributed by atoms with Crippen LogP contribution < -0.4 is 0 Å². The Morgan fingerprint density at radius 1 is 1.20 bits per heavy atom. The number of carbonyl (C=O) groups excluding carboxylic acids is 1. The lowest BCUT2D eigenvalue weighted by atomic mass is 9.96. The topological polar surface area (TPSA) is 103 Å². The Labute approximate surface area is 113 Å². The number of hydrogen-bond donors (Lipinski definition) is 2. The zero-order chi connectivity index (χ0) is 13.5. The van der Waals surface area contributed by atoms with Gasteiger partial charge in [-0.25, -0.2) is 19.9 Å².